The van der Waals surface area contributed by atoms with E-state index in [2.05, 4.69) is 52.6 Å². The number of hydrogen-bond acceptors (Lipinski definition) is 3. The predicted molar refractivity (Wildman–Crippen MR) is 109 cm³/mol. The fourth-order valence-corrected chi connectivity index (χ4v) is 2.96. The number of nitrogens with one attached hydrogen (secondary N) is 2. The SMILES string of the molecule is Cc1ccc(C)c(C(C)NC(=O)Nc2ccc(-c3nccc(C)n3)cc2)c1. The lowest BCUT2D eigenvalue weighted by Crippen LogP contribution is -2.31. The molecular formula is C22H24N4O. The lowest BCUT2D eigenvalue weighted by atomic mass is 10.0. The van der Waals surface area contributed by atoms with E-state index < -0.39 is 0 Å². The van der Waals surface area contributed by atoms with Gasteiger partial charge in [-0.1, -0.05) is 23.8 Å². The van der Waals surface area contributed by atoms with Crippen molar-refractivity contribution in [3.63, 3.8) is 0 Å². The summed E-state index contributed by atoms with van der Waals surface area (Å²) in [6.45, 7) is 8.02. The van der Waals surface area contributed by atoms with Crippen LogP contribution in [0.3, 0.4) is 0 Å². The molecule has 0 fully saturated rings. The van der Waals surface area contributed by atoms with Gasteiger partial charge in [-0.3, -0.25) is 0 Å². The quantitative estimate of drug-likeness (QED) is 0.692. The summed E-state index contributed by atoms with van der Waals surface area (Å²) in [5.74, 6) is 0.676. The molecule has 5 nitrogen and oxygen atoms in total. The Kier molecular flexibility index (Phi) is 5.50. The minimum atomic E-state index is -0.233. The molecule has 2 aromatic carbocycles. The van der Waals surface area contributed by atoms with E-state index in [1.165, 1.54) is 5.56 Å². The Morgan fingerprint density at radius 1 is 1.00 bits per heavy atom. The van der Waals surface area contributed by atoms with Crippen molar-refractivity contribution in [2.24, 2.45) is 0 Å². The van der Waals surface area contributed by atoms with Gasteiger partial charge in [0, 0.05) is 23.1 Å². The highest BCUT2D eigenvalue weighted by Gasteiger charge is 2.12. The van der Waals surface area contributed by atoms with Crippen molar-refractivity contribution in [2.45, 2.75) is 33.7 Å². The number of amides is 2. The van der Waals surface area contributed by atoms with E-state index in [0.29, 0.717) is 5.82 Å². The summed E-state index contributed by atoms with van der Waals surface area (Å²) >= 11 is 0. The number of rotatable bonds is 4. The van der Waals surface area contributed by atoms with Gasteiger partial charge in [0.1, 0.15) is 0 Å². The van der Waals surface area contributed by atoms with Crippen LogP contribution >= 0.6 is 0 Å². The number of aromatic nitrogens is 2. The van der Waals surface area contributed by atoms with Crippen molar-refractivity contribution in [1.82, 2.24) is 15.3 Å². The number of carbonyl (C=O) groups is 1. The monoisotopic (exact) mass is 360 g/mol. The molecule has 0 saturated heterocycles. The van der Waals surface area contributed by atoms with Crippen LogP contribution in [0.25, 0.3) is 11.4 Å². The first kappa shape index (κ1) is 18.6. The van der Waals surface area contributed by atoms with Crippen molar-refractivity contribution in [2.75, 3.05) is 5.32 Å². The molecule has 1 heterocycles. The van der Waals surface area contributed by atoms with Gasteiger partial charge >= 0.3 is 6.03 Å². The van der Waals surface area contributed by atoms with Gasteiger partial charge in [0.15, 0.2) is 5.82 Å². The first-order valence-corrected chi connectivity index (χ1v) is 8.97. The zero-order chi connectivity index (χ0) is 19.4. The van der Waals surface area contributed by atoms with Gasteiger partial charge < -0.3 is 10.6 Å². The maximum Gasteiger partial charge on any atom is 0.319 e. The number of anilines is 1. The predicted octanol–water partition coefficient (Wildman–Crippen LogP) is 4.95. The van der Waals surface area contributed by atoms with Crippen molar-refractivity contribution < 1.29 is 4.79 Å². The standard InChI is InChI=1S/C22H24N4O/c1-14-5-6-15(2)20(13-14)17(4)25-22(27)26-19-9-7-18(8-10-19)21-23-12-11-16(3)24-21/h5-13,17H,1-4H3,(H2,25,26,27). The van der Waals surface area contributed by atoms with Crippen LogP contribution in [-0.4, -0.2) is 16.0 Å². The Labute approximate surface area is 159 Å². The van der Waals surface area contributed by atoms with Gasteiger partial charge in [0.05, 0.1) is 6.04 Å². The van der Waals surface area contributed by atoms with E-state index in [-0.39, 0.29) is 12.1 Å². The van der Waals surface area contributed by atoms with E-state index in [1.54, 1.807) is 6.20 Å². The molecule has 3 aromatic rings. The van der Waals surface area contributed by atoms with Gasteiger partial charge in [-0.25, -0.2) is 14.8 Å². The second-order valence-corrected chi connectivity index (χ2v) is 6.78. The van der Waals surface area contributed by atoms with E-state index in [0.717, 1.165) is 28.1 Å². The number of benzene rings is 2. The van der Waals surface area contributed by atoms with Gasteiger partial charge in [0.25, 0.3) is 0 Å². The molecule has 0 spiro atoms. The molecule has 0 bridgehead atoms. The van der Waals surface area contributed by atoms with Crippen molar-refractivity contribution in [3.05, 3.63) is 77.1 Å². The molecule has 3 rings (SSSR count). The van der Waals surface area contributed by atoms with Crippen LogP contribution in [0, 0.1) is 20.8 Å². The topological polar surface area (TPSA) is 66.9 Å². The number of carbonyl (C=O) groups excluding carboxylic acids is 1. The maximum absolute atomic E-state index is 12.3. The summed E-state index contributed by atoms with van der Waals surface area (Å²) in [6, 6.07) is 15.3. The Morgan fingerprint density at radius 2 is 1.74 bits per heavy atom. The summed E-state index contributed by atoms with van der Waals surface area (Å²) in [5, 5.41) is 5.87. The number of urea groups is 1. The molecule has 27 heavy (non-hydrogen) atoms. The third-order valence-corrected chi connectivity index (χ3v) is 4.44. The maximum atomic E-state index is 12.3. The molecule has 5 heteroatoms. The van der Waals surface area contributed by atoms with Crippen LogP contribution in [0.1, 0.15) is 35.3 Å². The largest absolute Gasteiger partial charge is 0.331 e. The number of nitrogens with zero attached hydrogens (tertiary/aromatic N) is 2. The summed E-state index contributed by atoms with van der Waals surface area (Å²) in [7, 11) is 0. The molecule has 2 N–H and O–H groups in total. The highest BCUT2D eigenvalue weighted by Crippen LogP contribution is 2.20. The number of hydrogen-bond donors (Lipinski definition) is 2. The molecule has 0 aliphatic heterocycles. The van der Waals surface area contributed by atoms with Crippen molar-refractivity contribution in [3.8, 4) is 11.4 Å². The molecule has 1 aromatic heterocycles. The Balaban J connectivity index is 1.65. The normalized spacial score (nSPS) is 11.7. The average Bonchev–Trinajstić information content (AvgIpc) is 2.64. The lowest BCUT2D eigenvalue weighted by molar-refractivity contribution is 0.249. The van der Waals surface area contributed by atoms with E-state index >= 15 is 0 Å². The number of aryl methyl sites for hydroxylation is 3. The summed E-state index contributed by atoms with van der Waals surface area (Å²) in [5.41, 5.74) is 6.01. The van der Waals surface area contributed by atoms with Gasteiger partial charge in [-0.2, -0.15) is 0 Å². The molecule has 0 saturated carbocycles. The van der Waals surface area contributed by atoms with Gasteiger partial charge in [0.2, 0.25) is 0 Å². The molecule has 2 amide bonds. The lowest BCUT2D eigenvalue weighted by Gasteiger charge is -2.18. The minimum Gasteiger partial charge on any atom is -0.331 e. The Hall–Kier alpha value is -3.21. The van der Waals surface area contributed by atoms with Crippen molar-refractivity contribution >= 4 is 11.7 Å². The van der Waals surface area contributed by atoms with Crippen LogP contribution in [0.15, 0.2) is 54.7 Å². The third-order valence-electron chi connectivity index (χ3n) is 4.44. The van der Waals surface area contributed by atoms with E-state index in [9.17, 15) is 4.79 Å². The fraction of sp³-hybridized carbons (Fsp3) is 0.227. The third kappa shape index (κ3) is 4.70. The second kappa shape index (κ2) is 7.99. The first-order chi connectivity index (χ1) is 12.9. The Bertz CT molecular complexity index is 951. The van der Waals surface area contributed by atoms with E-state index in [4.69, 9.17) is 0 Å². The molecule has 138 valence electrons. The summed E-state index contributed by atoms with van der Waals surface area (Å²) in [4.78, 5) is 21.0. The van der Waals surface area contributed by atoms with Crippen LogP contribution in [-0.2, 0) is 0 Å². The van der Waals surface area contributed by atoms with Crippen LogP contribution < -0.4 is 10.6 Å². The van der Waals surface area contributed by atoms with Crippen molar-refractivity contribution in [1.29, 1.82) is 0 Å². The van der Waals surface area contributed by atoms with Crippen LogP contribution in [0.2, 0.25) is 0 Å². The van der Waals surface area contributed by atoms with Crippen LogP contribution in [0.4, 0.5) is 10.5 Å². The summed E-state index contributed by atoms with van der Waals surface area (Å²) in [6.07, 6.45) is 1.74. The van der Waals surface area contributed by atoms with E-state index in [1.807, 2.05) is 44.2 Å². The second-order valence-electron chi connectivity index (χ2n) is 6.78. The minimum absolute atomic E-state index is 0.0788. The smallest absolute Gasteiger partial charge is 0.319 e. The van der Waals surface area contributed by atoms with Gasteiger partial charge in [-0.05, 0) is 69.2 Å². The molecule has 0 aliphatic rings. The fourth-order valence-electron chi connectivity index (χ4n) is 2.96. The molecular weight excluding hydrogens is 336 g/mol. The average molecular weight is 360 g/mol. The van der Waals surface area contributed by atoms with Gasteiger partial charge in [-0.15, -0.1) is 0 Å². The first-order valence-electron chi connectivity index (χ1n) is 8.97. The zero-order valence-electron chi connectivity index (χ0n) is 16.1. The van der Waals surface area contributed by atoms with Crippen LogP contribution in [0.5, 0.6) is 0 Å². The molecule has 0 radical (unpaired) electrons. The zero-order valence-corrected chi connectivity index (χ0v) is 16.1. The molecule has 1 atom stereocenters. The highest BCUT2D eigenvalue weighted by molar-refractivity contribution is 5.89. The Morgan fingerprint density at radius 3 is 2.44 bits per heavy atom. The summed E-state index contributed by atoms with van der Waals surface area (Å²) < 4.78 is 0. The molecule has 0 aliphatic carbocycles. The molecule has 1 unspecified atom stereocenters. The highest BCUT2D eigenvalue weighted by atomic mass is 16.2.